The van der Waals surface area contributed by atoms with E-state index in [1.807, 2.05) is 12.1 Å². The Hall–Kier alpha value is -0.870. The topological polar surface area (TPSA) is 60.2 Å². The van der Waals surface area contributed by atoms with Crippen molar-refractivity contribution in [2.24, 2.45) is 5.73 Å². The van der Waals surface area contributed by atoms with Crippen LogP contribution in [0.5, 0.6) is 0 Å². The highest BCUT2D eigenvalue weighted by Crippen LogP contribution is 2.39. The highest BCUT2D eigenvalue weighted by Gasteiger charge is 2.41. The fourth-order valence-electron chi connectivity index (χ4n) is 2.20. The Morgan fingerprint density at radius 1 is 1.24 bits per heavy atom. The second-order valence-electron chi connectivity index (χ2n) is 5.39. The first kappa shape index (κ1) is 11.2. The molecule has 17 heavy (non-hydrogen) atoms. The van der Waals surface area contributed by atoms with Crippen LogP contribution in [0.15, 0.2) is 29.2 Å². The molecular formula is C13H17NO2S. The molecule has 1 aromatic rings. The van der Waals surface area contributed by atoms with Crippen molar-refractivity contribution < 1.29 is 8.42 Å². The van der Waals surface area contributed by atoms with E-state index >= 15 is 0 Å². The first-order chi connectivity index (χ1) is 8.01. The fraction of sp³-hybridized carbons (Fsp3) is 0.538. The van der Waals surface area contributed by atoms with Crippen LogP contribution in [-0.4, -0.2) is 19.2 Å². The smallest absolute Gasteiger partial charge is 0.181 e. The van der Waals surface area contributed by atoms with Gasteiger partial charge in [0.05, 0.1) is 10.1 Å². The van der Waals surface area contributed by atoms with Gasteiger partial charge < -0.3 is 5.73 Å². The summed E-state index contributed by atoms with van der Waals surface area (Å²) in [5.41, 5.74) is 6.85. The molecule has 2 aliphatic carbocycles. The van der Waals surface area contributed by atoms with Crippen LogP contribution in [-0.2, 0) is 16.3 Å². The summed E-state index contributed by atoms with van der Waals surface area (Å²) in [7, 11) is -3.10. The molecular weight excluding hydrogens is 234 g/mol. The third-order valence-electron chi connectivity index (χ3n) is 3.68. The monoisotopic (exact) mass is 251 g/mol. The molecule has 4 heteroatoms. The van der Waals surface area contributed by atoms with Crippen molar-refractivity contribution in [3.8, 4) is 0 Å². The maximum absolute atomic E-state index is 12.3. The van der Waals surface area contributed by atoms with Gasteiger partial charge in [-0.15, -0.1) is 0 Å². The summed E-state index contributed by atoms with van der Waals surface area (Å²) >= 11 is 0. The van der Waals surface area contributed by atoms with Gasteiger partial charge in [-0.3, -0.25) is 0 Å². The Balaban J connectivity index is 1.98. The molecule has 2 fully saturated rings. The summed E-state index contributed by atoms with van der Waals surface area (Å²) < 4.78 is 24.6. The molecule has 1 aromatic carbocycles. The van der Waals surface area contributed by atoms with Crippen LogP contribution in [0.25, 0.3) is 0 Å². The summed E-state index contributed by atoms with van der Waals surface area (Å²) in [6, 6.07) is 7.33. The fourth-order valence-corrected chi connectivity index (χ4v) is 4.09. The molecule has 2 N–H and O–H groups in total. The molecule has 0 bridgehead atoms. The van der Waals surface area contributed by atoms with Crippen molar-refractivity contribution >= 4 is 9.84 Å². The van der Waals surface area contributed by atoms with E-state index < -0.39 is 9.84 Å². The van der Waals surface area contributed by atoms with Crippen LogP contribution in [0.1, 0.15) is 31.2 Å². The molecule has 0 radical (unpaired) electrons. The molecule has 0 amide bonds. The quantitative estimate of drug-likeness (QED) is 0.885. The Labute approximate surface area is 102 Å². The molecule has 0 unspecified atom stereocenters. The minimum atomic E-state index is -3.10. The molecule has 0 aromatic heterocycles. The van der Waals surface area contributed by atoms with E-state index in [4.69, 9.17) is 5.73 Å². The SMILES string of the molecule is NC1(Cc2ccccc2S(=O)(=O)C2CC2)CC1. The molecule has 2 saturated carbocycles. The van der Waals surface area contributed by atoms with Gasteiger partial charge in [0.25, 0.3) is 0 Å². The molecule has 3 rings (SSSR count). The molecule has 0 atom stereocenters. The first-order valence-electron chi connectivity index (χ1n) is 6.12. The van der Waals surface area contributed by atoms with Crippen LogP contribution in [0.3, 0.4) is 0 Å². The minimum Gasteiger partial charge on any atom is -0.325 e. The summed E-state index contributed by atoms with van der Waals surface area (Å²) in [6.07, 6.45) is 4.32. The van der Waals surface area contributed by atoms with Crippen molar-refractivity contribution in [3.05, 3.63) is 29.8 Å². The number of hydrogen-bond acceptors (Lipinski definition) is 3. The third-order valence-corrected chi connectivity index (χ3v) is 6.04. The average Bonchev–Trinajstić information content (AvgIpc) is 3.14. The van der Waals surface area contributed by atoms with Crippen LogP contribution >= 0.6 is 0 Å². The van der Waals surface area contributed by atoms with Crippen molar-refractivity contribution in [1.82, 2.24) is 0 Å². The molecule has 92 valence electrons. The van der Waals surface area contributed by atoms with E-state index in [2.05, 4.69) is 0 Å². The van der Waals surface area contributed by atoms with E-state index in [-0.39, 0.29) is 10.8 Å². The predicted octanol–water partition coefficient (Wildman–Crippen LogP) is 1.66. The lowest BCUT2D eigenvalue weighted by molar-refractivity contribution is 0.591. The largest absolute Gasteiger partial charge is 0.325 e. The summed E-state index contributed by atoms with van der Waals surface area (Å²) in [4.78, 5) is 0.513. The van der Waals surface area contributed by atoms with Gasteiger partial charge >= 0.3 is 0 Å². The normalized spacial score (nSPS) is 22.4. The van der Waals surface area contributed by atoms with Crippen molar-refractivity contribution in [3.63, 3.8) is 0 Å². The third kappa shape index (κ3) is 2.11. The number of nitrogens with two attached hydrogens (primary N) is 1. The van der Waals surface area contributed by atoms with Crippen LogP contribution in [0.2, 0.25) is 0 Å². The standard InChI is InChI=1S/C13H17NO2S/c14-13(7-8-13)9-10-3-1-2-4-12(10)17(15,16)11-5-6-11/h1-4,11H,5-9,14H2. The molecule has 2 aliphatic rings. The lowest BCUT2D eigenvalue weighted by atomic mass is 10.1. The molecule has 0 saturated heterocycles. The summed E-state index contributed by atoms with van der Waals surface area (Å²) in [5, 5.41) is -0.142. The van der Waals surface area contributed by atoms with Gasteiger partial charge in [0.15, 0.2) is 9.84 Å². The Bertz CT molecular complexity index is 542. The van der Waals surface area contributed by atoms with Gasteiger partial charge in [0.1, 0.15) is 0 Å². The van der Waals surface area contributed by atoms with Gasteiger partial charge in [-0.2, -0.15) is 0 Å². The minimum absolute atomic E-state index is 0.142. The number of hydrogen-bond donors (Lipinski definition) is 1. The number of benzene rings is 1. The zero-order valence-electron chi connectivity index (χ0n) is 9.72. The van der Waals surface area contributed by atoms with Crippen LogP contribution in [0, 0.1) is 0 Å². The first-order valence-corrected chi connectivity index (χ1v) is 7.67. The lowest BCUT2D eigenvalue weighted by Gasteiger charge is -2.13. The maximum atomic E-state index is 12.3. The van der Waals surface area contributed by atoms with Gasteiger partial charge in [-0.25, -0.2) is 8.42 Å². The van der Waals surface area contributed by atoms with Gasteiger partial charge in [-0.05, 0) is 43.7 Å². The molecule has 3 nitrogen and oxygen atoms in total. The van der Waals surface area contributed by atoms with Crippen molar-refractivity contribution in [1.29, 1.82) is 0 Å². The molecule has 0 spiro atoms. The number of rotatable bonds is 4. The van der Waals surface area contributed by atoms with Crippen molar-refractivity contribution in [2.45, 2.75) is 47.8 Å². The average molecular weight is 251 g/mol. The Morgan fingerprint density at radius 3 is 2.47 bits per heavy atom. The highest BCUT2D eigenvalue weighted by molar-refractivity contribution is 7.92. The van der Waals surface area contributed by atoms with Crippen molar-refractivity contribution in [2.75, 3.05) is 0 Å². The Morgan fingerprint density at radius 2 is 1.88 bits per heavy atom. The zero-order valence-corrected chi connectivity index (χ0v) is 10.5. The Kier molecular flexibility index (Phi) is 2.35. The zero-order chi connectivity index (χ0) is 12.1. The molecule has 0 aliphatic heterocycles. The van der Waals surface area contributed by atoms with Gasteiger partial charge in [-0.1, -0.05) is 18.2 Å². The van der Waals surface area contributed by atoms with E-state index in [1.165, 1.54) is 0 Å². The second-order valence-corrected chi connectivity index (χ2v) is 7.59. The van der Waals surface area contributed by atoms with E-state index in [1.54, 1.807) is 12.1 Å². The van der Waals surface area contributed by atoms with Gasteiger partial charge in [0.2, 0.25) is 0 Å². The predicted molar refractivity (Wildman–Crippen MR) is 66.5 cm³/mol. The lowest BCUT2D eigenvalue weighted by Crippen LogP contribution is -2.25. The maximum Gasteiger partial charge on any atom is 0.181 e. The van der Waals surface area contributed by atoms with Crippen LogP contribution < -0.4 is 5.73 Å². The second kappa shape index (κ2) is 3.56. The van der Waals surface area contributed by atoms with E-state index in [9.17, 15) is 8.42 Å². The van der Waals surface area contributed by atoms with Gasteiger partial charge in [0, 0.05) is 5.54 Å². The van der Waals surface area contributed by atoms with Crippen LogP contribution in [0.4, 0.5) is 0 Å². The van der Waals surface area contributed by atoms with E-state index in [0.29, 0.717) is 11.3 Å². The molecule has 0 heterocycles. The van der Waals surface area contributed by atoms with E-state index in [0.717, 1.165) is 31.2 Å². The summed E-state index contributed by atoms with van der Waals surface area (Å²) in [5.74, 6) is 0. The number of sulfone groups is 1. The highest BCUT2D eigenvalue weighted by atomic mass is 32.2. The summed E-state index contributed by atoms with van der Waals surface area (Å²) in [6.45, 7) is 0.